The predicted octanol–water partition coefficient (Wildman–Crippen LogP) is 3.25. The Balaban J connectivity index is 1.96. The molecule has 0 atom stereocenters. The van der Waals surface area contributed by atoms with Crippen LogP contribution in [0.25, 0.3) is 10.2 Å². The molecule has 0 fully saturated rings. The molecular formula is C19H25N5OS. The molecule has 0 saturated carbocycles. The lowest BCUT2D eigenvalue weighted by Gasteiger charge is -2.20. The zero-order chi connectivity index (χ0) is 18.8. The first-order valence-electron chi connectivity index (χ1n) is 8.69. The number of aryl methyl sites for hydroxylation is 3. The van der Waals surface area contributed by atoms with Gasteiger partial charge in [0.2, 0.25) is 0 Å². The van der Waals surface area contributed by atoms with Gasteiger partial charge in [0.1, 0.15) is 0 Å². The molecule has 138 valence electrons. The van der Waals surface area contributed by atoms with E-state index in [-0.39, 0.29) is 5.91 Å². The normalized spacial score (nSPS) is 11.5. The van der Waals surface area contributed by atoms with Crippen molar-refractivity contribution in [3.05, 3.63) is 41.2 Å². The van der Waals surface area contributed by atoms with Crippen molar-refractivity contribution < 1.29 is 4.79 Å². The van der Waals surface area contributed by atoms with Gasteiger partial charge in [-0.05, 0) is 64.2 Å². The number of nitrogens with zero attached hydrogens (tertiary/aromatic N) is 5. The third-order valence-electron chi connectivity index (χ3n) is 4.20. The lowest BCUT2D eigenvalue weighted by atomic mass is 10.1. The van der Waals surface area contributed by atoms with Gasteiger partial charge in [-0.25, -0.2) is 4.98 Å². The van der Waals surface area contributed by atoms with Gasteiger partial charge >= 0.3 is 0 Å². The van der Waals surface area contributed by atoms with E-state index in [4.69, 9.17) is 4.98 Å². The molecule has 2 aromatic heterocycles. The molecule has 0 saturated heterocycles. The summed E-state index contributed by atoms with van der Waals surface area (Å²) in [5, 5.41) is 5.02. The SMILES string of the molecule is Cc1cc(C)c2sc(N(CCCN(C)C)C(=O)c3ccn(C)n3)nc2c1. The molecule has 0 aliphatic heterocycles. The van der Waals surface area contributed by atoms with Crippen molar-refractivity contribution in [1.29, 1.82) is 0 Å². The molecule has 0 aliphatic rings. The summed E-state index contributed by atoms with van der Waals surface area (Å²) in [5.41, 5.74) is 3.78. The number of aromatic nitrogens is 3. The zero-order valence-electron chi connectivity index (χ0n) is 16.0. The predicted molar refractivity (Wildman–Crippen MR) is 107 cm³/mol. The topological polar surface area (TPSA) is 54.3 Å². The smallest absolute Gasteiger partial charge is 0.280 e. The van der Waals surface area contributed by atoms with Gasteiger partial charge in [-0.1, -0.05) is 17.4 Å². The molecular weight excluding hydrogens is 346 g/mol. The van der Waals surface area contributed by atoms with Crippen LogP contribution in [0.1, 0.15) is 28.0 Å². The molecule has 3 aromatic rings. The molecule has 0 spiro atoms. The highest BCUT2D eigenvalue weighted by Crippen LogP contribution is 2.32. The number of carbonyl (C=O) groups excluding carboxylic acids is 1. The third-order valence-corrected chi connectivity index (χ3v) is 5.43. The number of benzene rings is 1. The summed E-state index contributed by atoms with van der Waals surface area (Å²) in [7, 11) is 5.89. The van der Waals surface area contributed by atoms with Crippen molar-refractivity contribution >= 4 is 32.6 Å². The molecule has 3 rings (SSSR count). The molecule has 0 N–H and O–H groups in total. The van der Waals surface area contributed by atoms with Crippen LogP contribution in [-0.4, -0.2) is 52.8 Å². The van der Waals surface area contributed by atoms with Gasteiger partial charge in [-0.15, -0.1) is 0 Å². The van der Waals surface area contributed by atoms with Crippen LogP contribution >= 0.6 is 11.3 Å². The summed E-state index contributed by atoms with van der Waals surface area (Å²) >= 11 is 1.58. The monoisotopic (exact) mass is 371 g/mol. The van der Waals surface area contributed by atoms with Crippen LogP contribution in [0.5, 0.6) is 0 Å². The van der Waals surface area contributed by atoms with Gasteiger partial charge in [0.25, 0.3) is 5.91 Å². The molecule has 0 unspecified atom stereocenters. The molecule has 0 aliphatic carbocycles. The average molecular weight is 372 g/mol. The highest BCUT2D eigenvalue weighted by molar-refractivity contribution is 7.22. The largest absolute Gasteiger partial charge is 0.309 e. The van der Waals surface area contributed by atoms with Crippen molar-refractivity contribution in [2.45, 2.75) is 20.3 Å². The number of rotatable bonds is 6. The van der Waals surface area contributed by atoms with Gasteiger partial charge in [0.05, 0.1) is 10.2 Å². The average Bonchev–Trinajstić information content (AvgIpc) is 3.17. The molecule has 1 aromatic carbocycles. The maximum absolute atomic E-state index is 13.1. The second-order valence-corrected chi connectivity index (χ2v) is 7.89. The Morgan fingerprint density at radius 2 is 2.00 bits per heavy atom. The first-order chi connectivity index (χ1) is 12.3. The van der Waals surface area contributed by atoms with E-state index in [0.29, 0.717) is 12.2 Å². The number of carbonyl (C=O) groups is 1. The summed E-state index contributed by atoms with van der Waals surface area (Å²) in [6, 6.07) is 5.98. The van der Waals surface area contributed by atoms with Crippen molar-refractivity contribution in [2.75, 3.05) is 32.1 Å². The van der Waals surface area contributed by atoms with Gasteiger partial charge < -0.3 is 4.90 Å². The quantitative estimate of drug-likeness (QED) is 0.667. The summed E-state index contributed by atoms with van der Waals surface area (Å²) in [5.74, 6) is -0.0993. The van der Waals surface area contributed by atoms with E-state index in [1.807, 2.05) is 21.1 Å². The summed E-state index contributed by atoms with van der Waals surface area (Å²) in [6.07, 6.45) is 2.66. The fourth-order valence-electron chi connectivity index (χ4n) is 2.98. The molecule has 26 heavy (non-hydrogen) atoms. The van der Waals surface area contributed by atoms with Crippen LogP contribution in [0.15, 0.2) is 24.4 Å². The van der Waals surface area contributed by atoms with E-state index in [1.54, 1.807) is 33.2 Å². The highest BCUT2D eigenvalue weighted by atomic mass is 32.1. The molecule has 0 radical (unpaired) electrons. The Kier molecular flexibility index (Phi) is 5.38. The fourth-order valence-corrected chi connectivity index (χ4v) is 4.02. The van der Waals surface area contributed by atoms with Gasteiger partial charge in [-0.3, -0.25) is 14.4 Å². The van der Waals surface area contributed by atoms with E-state index in [1.165, 1.54) is 11.1 Å². The van der Waals surface area contributed by atoms with Crippen LogP contribution in [0, 0.1) is 13.8 Å². The summed E-state index contributed by atoms with van der Waals surface area (Å²) < 4.78 is 2.79. The number of hydrogen-bond acceptors (Lipinski definition) is 5. The van der Waals surface area contributed by atoms with Crippen LogP contribution < -0.4 is 4.90 Å². The van der Waals surface area contributed by atoms with Crippen molar-refractivity contribution in [3.63, 3.8) is 0 Å². The van der Waals surface area contributed by atoms with Crippen molar-refractivity contribution in [2.24, 2.45) is 7.05 Å². The molecule has 1 amide bonds. The first kappa shape index (κ1) is 18.5. The molecule has 6 nitrogen and oxygen atoms in total. The van der Waals surface area contributed by atoms with Crippen molar-refractivity contribution in [3.8, 4) is 0 Å². The van der Waals surface area contributed by atoms with Gasteiger partial charge in [0.15, 0.2) is 10.8 Å². The second-order valence-electron chi connectivity index (χ2n) is 6.91. The van der Waals surface area contributed by atoms with Crippen LogP contribution in [0.2, 0.25) is 0 Å². The van der Waals surface area contributed by atoms with Crippen LogP contribution in [0.4, 0.5) is 5.13 Å². The Hall–Kier alpha value is -2.25. The lowest BCUT2D eigenvalue weighted by Crippen LogP contribution is -2.33. The lowest BCUT2D eigenvalue weighted by molar-refractivity contribution is 0.0980. The summed E-state index contributed by atoms with van der Waals surface area (Å²) in [4.78, 5) is 21.7. The van der Waals surface area contributed by atoms with Gasteiger partial charge in [0, 0.05) is 19.8 Å². The third kappa shape index (κ3) is 3.94. The Labute approximate surface area is 158 Å². The molecule has 0 bridgehead atoms. The zero-order valence-corrected chi connectivity index (χ0v) is 16.8. The maximum atomic E-state index is 13.1. The minimum atomic E-state index is -0.0993. The maximum Gasteiger partial charge on any atom is 0.280 e. The number of fused-ring (bicyclic) bond motifs is 1. The van der Waals surface area contributed by atoms with E-state index in [2.05, 4.69) is 36.0 Å². The van der Waals surface area contributed by atoms with Crippen LogP contribution in [-0.2, 0) is 7.05 Å². The fraction of sp³-hybridized carbons (Fsp3) is 0.421. The highest BCUT2D eigenvalue weighted by Gasteiger charge is 2.23. The van der Waals surface area contributed by atoms with Gasteiger partial charge in [-0.2, -0.15) is 5.10 Å². The van der Waals surface area contributed by atoms with E-state index >= 15 is 0 Å². The minimum absolute atomic E-state index is 0.0993. The van der Waals surface area contributed by atoms with Crippen molar-refractivity contribution in [1.82, 2.24) is 19.7 Å². The van der Waals surface area contributed by atoms with E-state index in [9.17, 15) is 4.79 Å². The number of hydrogen-bond donors (Lipinski definition) is 0. The second kappa shape index (κ2) is 7.55. The molecule has 2 heterocycles. The first-order valence-corrected chi connectivity index (χ1v) is 9.51. The number of amides is 1. The van der Waals surface area contributed by atoms with E-state index < -0.39 is 0 Å². The number of anilines is 1. The summed E-state index contributed by atoms with van der Waals surface area (Å²) in [6.45, 7) is 5.69. The Bertz CT molecular complexity index is 927. The standard InChI is InChI=1S/C19H25N5OS/c1-13-11-14(2)17-16(12-13)20-19(26-17)24(9-6-8-22(3)4)18(25)15-7-10-23(5)21-15/h7,10-12H,6,8-9H2,1-5H3. The van der Waals surface area contributed by atoms with E-state index in [0.717, 1.165) is 28.3 Å². The van der Waals surface area contributed by atoms with Crippen LogP contribution in [0.3, 0.4) is 0 Å². The Morgan fingerprint density at radius 1 is 1.23 bits per heavy atom. The minimum Gasteiger partial charge on any atom is -0.309 e. The number of thiazole rings is 1. The Morgan fingerprint density at radius 3 is 2.65 bits per heavy atom. The molecule has 7 heteroatoms.